The van der Waals surface area contributed by atoms with Crippen molar-refractivity contribution >= 4 is 11.6 Å². The molecule has 0 saturated carbocycles. The van der Waals surface area contributed by atoms with E-state index in [0.717, 1.165) is 24.3 Å². The Morgan fingerprint density at radius 1 is 0.960 bits per heavy atom. The fourth-order valence-electron chi connectivity index (χ4n) is 2.26. The fourth-order valence-corrected chi connectivity index (χ4v) is 2.26. The van der Waals surface area contributed by atoms with E-state index in [4.69, 9.17) is 9.47 Å². The Morgan fingerprint density at radius 2 is 1.56 bits per heavy atom. The van der Waals surface area contributed by atoms with Crippen LogP contribution in [0.15, 0.2) is 48.5 Å². The van der Waals surface area contributed by atoms with Gasteiger partial charge in [-0.05, 0) is 54.3 Å². The zero-order valence-electron chi connectivity index (χ0n) is 15.2. The van der Waals surface area contributed by atoms with Crippen LogP contribution in [0.5, 0.6) is 11.5 Å². The standard InChI is InChI=1S/C21H27NO3/c1-4-5-14-24-19-12-8-18(9-13-19)22-21(23)15-25-20-10-6-17(7-11-20)16(2)3/h6-13,16H,4-5,14-15H2,1-3H3,(H,22,23). The molecule has 4 nitrogen and oxygen atoms in total. The molecular weight excluding hydrogens is 314 g/mol. The summed E-state index contributed by atoms with van der Waals surface area (Å²) in [6, 6.07) is 15.2. The summed E-state index contributed by atoms with van der Waals surface area (Å²) in [7, 11) is 0. The molecule has 134 valence electrons. The predicted octanol–water partition coefficient (Wildman–Crippen LogP) is 5.01. The minimum Gasteiger partial charge on any atom is -0.494 e. The molecule has 2 aromatic rings. The van der Waals surface area contributed by atoms with Gasteiger partial charge in [0.2, 0.25) is 0 Å². The summed E-state index contributed by atoms with van der Waals surface area (Å²) in [5, 5.41) is 2.82. The molecule has 25 heavy (non-hydrogen) atoms. The molecule has 0 saturated heterocycles. The van der Waals surface area contributed by atoms with Crippen molar-refractivity contribution in [2.24, 2.45) is 0 Å². The van der Waals surface area contributed by atoms with E-state index in [1.807, 2.05) is 48.5 Å². The molecule has 0 unspecified atom stereocenters. The molecule has 0 aromatic heterocycles. The highest BCUT2D eigenvalue weighted by atomic mass is 16.5. The van der Waals surface area contributed by atoms with Crippen molar-refractivity contribution in [2.75, 3.05) is 18.5 Å². The summed E-state index contributed by atoms with van der Waals surface area (Å²) in [4.78, 5) is 12.0. The quantitative estimate of drug-likeness (QED) is 0.652. The van der Waals surface area contributed by atoms with E-state index in [2.05, 4.69) is 26.1 Å². The van der Waals surface area contributed by atoms with Gasteiger partial charge in [-0.2, -0.15) is 0 Å². The minimum atomic E-state index is -0.187. The Morgan fingerprint density at radius 3 is 2.16 bits per heavy atom. The lowest BCUT2D eigenvalue weighted by atomic mass is 10.0. The first-order valence-corrected chi connectivity index (χ1v) is 8.84. The van der Waals surface area contributed by atoms with Crippen LogP contribution >= 0.6 is 0 Å². The van der Waals surface area contributed by atoms with Crippen LogP contribution in [0.4, 0.5) is 5.69 Å². The highest BCUT2D eigenvalue weighted by Gasteiger charge is 2.05. The van der Waals surface area contributed by atoms with Crippen LogP contribution in [0.1, 0.15) is 45.1 Å². The molecule has 0 atom stereocenters. The SMILES string of the molecule is CCCCOc1ccc(NC(=O)COc2ccc(C(C)C)cc2)cc1. The number of nitrogens with one attached hydrogen (secondary N) is 1. The lowest BCUT2D eigenvalue weighted by Gasteiger charge is -2.10. The van der Waals surface area contributed by atoms with Gasteiger partial charge in [0.15, 0.2) is 6.61 Å². The molecule has 0 aliphatic carbocycles. The first kappa shape index (κ1) is 18.8. The second kappa shape index (κ2) is 9.72. The van der Waals surface area contributed by atoms with Gasteiger partial charge < -0.3 is 14.8 Å². The third-order valence-electron chi connectivity index (χ3n) is 3.82. The fraction of sp³-hybridized carbons (Fsp3) is 0.381. The molecule has 1 amide bonds. The number of carbonyl (C=O) groups excluding carboxylic acids is 1. The van der Waals surface area contributed by atoms with Crippen LogP contribution in [0.25, 0.3) is 0 Å². The number of ether oxygens (including phenoxy) is 2. The Kier molecular flexibility index (Phi) is 7.33. The van der Waals surface area contributed by atoms with Crippen LogP contribution in [-0.4, -0.2) is 19.1 Å². The average Bonchev–Trinajstić information content (AvgIpc) is 2.62. The van der Waals surface area contributed by atoms with Crippen molar-refractivity contribution in [2.45, 2.75) is 39.5 Å². The zero-order chi connectivity index (χ0) is 18.1. The molecule has 0 fully saturated rings. The highest BCUT2D eigenvalue weighted by Crippen LogP contribution is 2.19. The summed E-state index contributed by atoms with van der Waals surface area (Å²) in [6.07, 6.45) is 2.14. The van der Waals surface area contributed by atoms with Gasteiger partial charge in [-0.25, -0.2) is 0 Å². The second-order valence-corrected chi connectivity index (χ2v) is 6.29. The minimum absolute atomic E-state index is 0.0181. The second-order valence-electron chi connectivity index (χ2n) is 6.29. The number of benzene rings is 2. The maximum absolute atomic E-state index is 12.0. The van der Waals surface area contributed by atoms with E-state index in [1.54, 1.807) is 0 Å². The number of rotatable bonds is 9. The normalized spacial score (nSPS) is 10.6. The van der Waals surface area contributed by atoms with Gasteiger partial charge in [-0.3, -0.25) is 4.79 Å². The predicted molar refractivity (Wildman–Crippen MR) is 102 cm³/mol. The van der Waals surface area contributed by atoms with Crippen molar-refractivity contribution in [3.63, 3.8) is 0 Å². The number of hydrogen-bond acceptors (Lipinski definition) is 3. The number of anilines is 1. The van der Waals surface area contributed by atoms with Crippen LogP contribution in [0.2, 0.25) is 0 Å². The van der Waals surface area contributed by atoms with E-state index < -0.39 is 0 Å². The van der Waals surface area contributed by atoms with Crippen molar-refractivity contribution in [3.8, 4) is 11.5 Å². The summed E-state index contributed by atoms with van der Waals surface area (Å²) in [5.41, 5.74) is 1.98. The van der Waals surface area contributed by atoms with E-state index in [0.29, 0.717) is 18.3 Å². The molecule has 2 aromatic carbocycles. The van der Waals surface area contributed by atoms with Crippen LogP contribution < -0.4 is 14.8 Å². The Balaban J connectivity index is 1.77. The van der Waals surface area contributed by atoms with E-state index in [1.165, 1.54) is 5.56 Å². The Labute approximate surface area is 150 Å². The highest BCUT2D eigenvalue weighted by molar-refractivity contribution is 5.91. The zero-order valence-corrected chi connectivity index (χ0v) is 15.2. The number of carbonyl (C=O) groups is 1. The molecule has 2 rings (SSSR count). The maximum atomic E-state index is 12.0. The third kappa shape index (κ3) is 6.49. The van der Waals surface area contributed by atoms with Gasteiger partial charge in [0.25, 0.3) is 5.91 Å². The molecule has 0 spiro atoms. The summed E-state index contributed by atoms with van der Waals surface area (Å²) in [6.45, 7) is 7.11. The van der Waals surface area contributed by atoms with Gasteiger partial charge in [0.1, 0.15) is 11.5 Å². The van der Waals surface area contributed by atoms with Crippen molar-refractivity contribution < 1.29 is 14.3 Å². The Bertz CT molecular complexity index is 648. The van der Waals surface area contributed by atoms with Crippen molar-refractivity contribution in [1.82, 2.24) is 0 Å². The van der Waals surface area contributed by atoms with Gasteiger partial charge in [-0.1, -0.05) is 39.3 Å². The van der Waals surface area contributed by atoms with E-state index >= 15 is 0 Å². The van der Waals surface area contributed by atoms with Crippen molar-refractivity contribution in [3.05, 3.63) is 54.1 Å². The molecule has 0 aliphatic rings. The van der Waals surface area contributed by atoms with Gasteiger partial charge in [-0.15, -0.1) is 0 Å². The molecular formula is C21H27NO3. The first-order valence-electron chi connectivity index (χ1n) is 8.84. The summed E-state index contributed by atoms with van der Waals surface area (Å²) >= 11 is 0. The van der Waals surface area contributed by atoms with E-state index in [-0.39, 0.29) is 12.5 Å². The van der Waals surface area contributed by atoms with Crippen LogP contribution in [0.3, 0.4) is 0 Å². The molecule has 0 heterocycles. The van der Waals surface area contributed by atoms with Gasteiger partial charge >= 0.3 is 0 Å². The molecule has 1 N–H and O–H groups in total. The number of hydrogen-bond donors (Lipinski definition) is 1. The molecule has 0 radical (unpaired) electrons. The van der Waals surface area contributed by atoms with Crippen LogP contribution in [0, 0.1) is 0 Å². The summed E-state index contributed by atoms with van der Waals surface area (Å²) < 4.78 is 11.1. The smallest absolute Gasteiger partial charge is 0.262 e. The lowest BCUT2D eigenvalue weighted by molar-refractivity contribution is -0.118. The molecule has 4 heteroatoms. The number of unbranched alkanes of at least 4 members (excludes halogenated alkanes) is 1. The molecule has 0 aliphatic heterocycles. The maximum Gasteiger partial charge on any atom is 0.262 e. The largest absolute Gasteiger partial charge is 0.494 e. The number of amides is 1. The topological polar surface area (TPSA) is 47.6 Å². The van der Waals surface area contributed by atoms with Gasteiger partial charge in [0.05, 0.1) is 6.61 Å². The molecule has 0 bridgehead atoms. The first-order chi connectivity index (χ1) is 12.1. The third-order valence-corrected chi connectivity index (χ3v) is 3.82. The van der Waals surface area contributed by atoms with Gasteiger partial charge in [0, 0.05) is 5.69 Å². The lowest BCUT2D eigenvalue weighted by Crippen LogP contribution is -2.20. The van der Waals surface area contributed by atoms with Crippen LogP contribution in [-0.2, 0) is 4.79 Å². The monoisotopic (exact) mass is 341 g/mol. The van der Waals surface area contributed by atoms with E-state index in [9.17, 15) is 4.79 Å². The summed E-state index contributed by atoms with van der Waals surface area (Å²) in [5.74, 6) is 1.80. The Hall–Kier alpha value is -2.49. The average molecular weight is 341 g/mol. The van der Waals surface area contributed by atoms with Crippen molar-refractivity contribution in [1.29, 1.82) is 0 Å².